The van der Waals surface area contributed by atoms with Gasteiger partial charge in [-0.15, -0.1) is 0 Å². The Morgan fingerprint density at radius 1 is 0.371 bits per heavy atom. The second-order valence-electron chi connectivity index (χ2n) is 16.7. The van der Waals surface area contributed by atoms with Gasteiger partial charge in [-0.3, -0.25) is 9.59 Å². The summed E-state index contributed by atoms with van der Waals surface area (Å²) in [5.41, 5.74) is 0. The Hall–Kier alpha value is -3.18. The summed E-state index contributed by atoms with van der Waals surface area (Å²) in [5.74, 6) is -0.469. The van der Waals surface area contributed by atoms with E-state index in [0.29, 0.717) is 19.4 Å². The molecule has 5 nitrogen and oxygen atoms in total. The summed E-state index contributed by atoms with van der Waals surface area (Å²) >= 11 is 0. The number of allylic oxidation sites excluding steroid dienone is 16. The van der Waals surface area contributed by atoms with Gasteiger partial charge in [0.1, 0.15) is 6.61 Å². The molecule has 0 amide bonds. The van der Waals surface area contributed by atoms with Gasteiger partial charge in [-0.2, -0.15) is 0 Å². The minimum atomic E-state index is -0.568. The third-order valence-electron chi connectivity index (χ3n) is 10.6. The Balaban J connectivity index is 4.36. The Morgan fingerprint density at radius 3 is 1.15 bits per heavy atom. The molecule has 0 saturated carbocycles. The quantitative estimate of drug-likeness (QED) is 0.0347. The second kappa shape index (κ2) is 52.2. The van der Waals surface area contributed by atoms with Crippen LogP contribution in [0.25, 0.3) is 0 Å². The minimum Gasteiger partial charge on any atom is -0.462 e. The van der Waals surface area contributed by atoms with E-state index in [9.17, 15) is 9.59 Å². The maximum Gasteiger partial charge on any atom is 0.306 e. The molecule has 354 valence electrons. The Labute approximate surface area is 383 Å². The average Bonchev–Trinajstić information content (AvgIpc) is 3.27. The van der Waals surface area contributed by atoms with Crippen LogP contribution >= 0.6 is 0 Å². The minimum absolute atomic E-state index is 0.0531. The predicted octanol–water partition coefficient (Wildman–Crippen LogP) is 17.5. The maximum absolute atomic E-state index is 12.8. The number of hydrogen-bond donors (Lipinski definition) is 0. The van der Waals surface area contributed by atoms with Crippen molar-refractivity contribution >= 4 is 11.9 Å². The first kappa shape index (κ1) is 58.8. The van der Waals surface area contributed by atoms with Crippen molar-refractivity contribution in [1.29, 1.82) is 0 Å². The molecule has 0 saturated heterocycles. The molecule has 0 aliphatic rings. The van der Waals surface area contributed by atoms with E-state index in [2.05, 4.69) is 118 Å². The zero-order valence-corrected chi connectivity index (χ0v) is 40.6. The largest absolute Gasteiger partial charge is 0.462 e. The third-order valence-corrected chi connectivity index (χ3v) is 10.6. The van der Waals surface area contributed by atoms with Gasteiger partial charge in [0.25, 0.3) is 0 Å². The second-order valence-corrected chi connectivity index (χ2v) is 16.7. The summed E-state index contributed by atoms with van der Waals surface area (Å²) in [4.78, 5) is 25.4. The SMILES string of the molecule is CC/C=C\C/C=C\C/C=C\C/C=C\C/C=C\CCCCCC(=O)OCC(COCCCCCCCCCCCCCCCC)OC(=O)CCCCC/C=C\C/C=C\C/C=C\CC. The number of rotatable bonds is 46. The lowest BCUT2D eigenvalue weighted by molar-refractivity contribution is -0.163. The molecule has 1 atom stereocenters. The Bertz CT molecular complexity index is 1200. The van der Waals surface area contributed by atoms with Gasteiger partial charge in [0, 0.05) is 19.4 Å². The highest BCUT2D eigenvalue weighted by atomic mass is 16.6. The topological polar surface area (TPSA) is 61.8 Å². The maximum atomic E-state index is 12.8. The molecule has 0 radical (unpaired) electrons. The summed E-state index contributed by atoms with van der Waals surface area (Å²) in [6, 6.07) is 0. The van der Waals surface area contributed by atoms with Gasteiger partial charge in [-0.1, -0.05) is 214 Å². The standard InChI is InChI=1S/C57H96O5/c1-4-7-10-13-16-19-22-25-27-28-29-30-31-33-35-38-41-44-47-50-56(58)61-54-55(53-60-52-49-46-43-40-37-34-26-23-20-17-14-11-8-5-2)62-57(59)51-48-45-42-39-36-32-24-21-18-15-12-9-6-3/h7,9-10,12,16,18-19,21,25,27,29-30,32-33,35-36,55H,4-6,8,11,13-15,17,20,22-24,26,28,31,34,37-54H2,1-3H3/b10-7-,12-9-,19-16-,21-18-,27-25-,30-29-,35-33-,36-32-. The lowest BCUT2D eigenvalue weighted by atomic mass is 10.0. The Morgan fingerprint density at radius 2 is 0.726 bits per heavy atom. The number of carbonyl (C=O) groups is 2. The highest BCUT2D eigenvalue weighted by molar-refractivity contribution is 5.70. The van der Waals surface area contributed by atoms with Gasteiger partial charge in [0.15, 0.2) is 6.10 Å². The van der Waals surface area contributed by atoms with Crippen LogP contribution in [0.15, 0.2) is 97.2 Å². The van der Waals surface area contributed by atoms with Crippen molar-refractivity contribution in [3.05, 3.63) is 97.2 Å². The first-order valence-corrected chi connectivity index (χ1v) is 25.8. The molecule has 0 N–H and O–H groups in total. The van der Waals surface area contributed by atoms with E-state index in [0.717, 1.165) is 116 Å². The predicted molar refractivity (Wildman–Crippen MR) is 270 cm³/mol. The van der Waals surface area contributed by atoms with E-state index in [1.807, 2.05) is 0 Å². The highest BCUT2D eigenvalue weighted by Crippen LogP contribution is 2.14. The van der Waals surface area contributed by atoms with Crippen molar-refractivity contribution in [3.8, 4) is 0 Å². The van der Waals surface area contributed by atoms with Gasteiger partial charge in [0.2, 0.25) is 0 Å². The van der Waals surface area contributed by atoms with Gasteiger partial charge >= 0.3 is 11.9 Å². The molecule has 0 aromatic heterocycles. The van der Waals surface area contributed by atoms with E-state index < -0.39 is 6.10 Å². The average molecular weight is 861 g/mol. The van der Waals surface area contributed by atoms with Gasteiger partial charge in [-0.05, 0) is 96.3 Å². The molecule has 62 heavy (non-hydrogen) atoms. The fourth-order valence-corrected chi connectivity index (χ4v) is 6.84. The molecule has 0 aliphatic carbocycles. The first-order valence-electron chi connectivity index (χ1n) is 25.8. The number of hydrogen-bond acceptors (Lipinski definition) is 5. The van der Waals surface area contributed by atoms with Crippen LogP contribution in [0, 0.1) is 0 Å². The highest BCUT2D eigenvalue weighted by Gasteiger charge is 2.17. The van der Waals surface area contributed by atoms with Crippen molar-refractivity contribution in [3.63, 3.8) is 0 Å². The lowest BCUT2D eigenvalue weighted by Crippen LogP contribution is -2.30. The van der Waals surface area contributed by atoms with Crippen molar-refractivity contribution in [1.82, 2.24) is 0 Å². The van der Waals surface area contributed by atoms with Gasteiger partial charge < -0.3 is 14.2 Å². The summed E-state index contributed by atoms with van der Waals surface area (Å²) in [6.07, 6.45) is 69.9. The van der Waals surface area contributed by atoms with Crippen LogP contribution in [-0.2, 0) is 23.8 Å². The molecule has 0 spiro atoms. The van der Waals surface area contributed by atoms with E-state index in [1.54, 1.807) is 0 Å². The zero-order valence-electron chi connectivity index (χ0n) is 40.6. The zero-order chi connectivity index (χ0) is 44.9. The van der Waals surface area contributed by atoms with E-state index >= 15 is 0 Å². The summed E-state index contributed by atoms with van der Waals surface area (Å²) in [6.45, 7) is 7.54. The van der Waals surface area contributed by atoms with Crippen LogP contribution in [0.3, 0.4) is 0 Å². The van der Waals surface area contributed by atoms with Gasteiger partial charge in [-0.25, -0.2) is 0 Å². The van der Waals surface area contributed by atoms with Crippen molar-refractivity contribution in [2.45, 2.75) is 232 Å². The van der Waals surface area contributed by atoms with Crippen LogP contribution in [0.1, 0.15) is 226 Å². The molecule has 0 fully saturated rings. The molecular formula is C57H96O5. The molecule has 5 heteroatoms. The first-order chi connectivity index (χ1) is 30.6. The van der Waals surface area contributed by atoms with Crippen LogP contribution in [0.4, 0.5) is 0 Å². The number of unbranched alkanes of at least 4 members (excludes halogenated alkanes) is 19. The lowest BCUT2D eigenvalue weighted by Gasteiger charge is -2.18. The number of carbonyl (C=O) groups excluding carboxylic acids is 2. The molecule has 0 heterocycles. The summed E-state index contributed by atoms with van der Waals surface area (Å²) in [5, 5.41) is 0. The molecule has 0 rings (SSSR count). The van der Waals surface area contributed by atoms with Crippen molar-refractivity contribution < 1.29 is 23.8 Å². The van der Waals surface area contributed by atoms with Crippen molar-refractivity contribution in [2.24, 2.45) is 0 Å². The third kappa shape index (κ3) is 49.5. The van der Waals surface area contributed by atoms with Gasteiger partial charge in [0.05, 0.1) is 6.61 Å². The van der Waals surface area contributed by atoms with E-state index in [1.165, 1.54) is 77.0 Å². The molecular weight excluding hydrogens is 765 g/mol. The monoisotopic (exact) mass is 861 g/mol. The van der Waals surface area contributed by atoms with Crippen LogP contribution in [-0.4, -0.2) is 37.9 Å². The molecule has 1 unspecified atom stereocenters. The van der Waals surface area contributed by atoms with E-state index in [4.69, 9.17) is 14.2 Å². The number of esters is 2. The smallest absolute Gasteiger partial charge is 0.306 e. The fraction of sp³-hybridized carbons (Fsp3) is 0.684. The molecule has 0 aromatic carbocycles. The Kier molecular flexibility index (Phi) is 49.5. The molecule has 0 bridgehead atoms. The van der Waals surface area contributed by atoms with Crippen LogP contribution in [0.5, 0.6) is 0 Å². The normalized spacial score (nSPS) is 13.0. The molecule has 0 aliphatic heterocycles. The molecule has 0 aromatic rings. The van der Waals surface area contributed by atoms with Crippen LogP contribution in [0.2, 0.25) is 0 Å². The van der Waals surface area contributed by atoms with Crippen molar-refractivity contribution in [2.75, 3.05) is 19.8 Å². The fourth-order valence-electron chi connectivity index (χ4n) is 6.84. The number of ether oxygens (including phenoxy) is 3. The van der Waals surface area contributed by atoms with Crippen LogP contribution < -0.4 is 0 Å². The van der Waals surface area contributed by atoms with E-state index in [-0.39, 0.29) is 25.2 Å². The summed E-state index contributed by atoms with van der Waals surface area (Å²) in [7, 11) is 0. The summed E-state index contributed by atoms with van der Waals surface area (Å²) < 4.78 is 17.3.